The number of aliphatic hydroxyl groups excluding tert-OH is 1. The fraction of sp³-hybridized carbons (Fsp3) is 0.750. The summed E-state index contributed by atoms with van der Waals surface area (Å²) < 4.78 is 2.01. The fourth-order valence-electron chi connectivity index (χ4n) is 3.69. The van der Waals surface area contributed by atoms with Crippen LogP contribution >= 0.6 is 0 Å². The van der Waals surface area contributed by atoms with Gasteiger partial charge in [0.2, 0.25) is 0 Å². The number of aliphatic hydroxyl groups is 1. The van der Waals surface area contributed by atoms with Crippen molar-refractivity contribution >= 4 is 5.91 Å². The van der Waals surface area contributed by atoms with Gasteiger partial charge >= 0.3 is 0 Å². The van der Waals surface area contributed by atoms with Crippen molar-refractivity contribution < 1.29 is 9.90 Å². The van der Waals surface area contributed by atoms with E-state index in [0.29, 0.717) is 11.6 Å². The van der Waals surface area contributed by atoms with Crippen LogP contribution in [-0.2, 0) is 0 Å². The van der Waals surface area contributed by atoms with E-state index in [9.17, 15) is 9.90 Å². The molecule has 0 aromatic carbocycles. The van der Waals surface area contributed by atoms with E-state index in [2.05, 4.69) is 10.4 Å². The van der Waals surface area contributed by atoms with Crippen LogP contribution in [0.15, 0.2) is 6.20 Å². The topological polar surface area (TPSA) is 67.2 Å². The van der Waals surface area contributed by atoms with Crippen LogP contribution in [0.2, 0.25) is 0 Å². The van der Waals surface area contributed by atoms with Gasteiger partial charge in [-0.15, -0.1) is 0 Å². The summed E-state index contributed by atoms with van der Waals surface area (Å²) in [6.07, 6.45) is 9.85. The Morgan fingerprint density at radius 2 is 1.90 bits per heavy atom. The number of rotatable bonds is 3. The number of nitrogens with one attached hydrogen (secondary N) is 1. The molecular weight excluding hydrogens is 266 g/mol. The molecule has 2 N–H and O–H groups in total. The average molecular weight is 291 g/mol. The van der Waals surface area contributed by atoms with E-state index in [-0.39, 0.29) is 11.9 Å². The molecule has 0 bridgehead atoms. The van der Waals surface area contributed by atoms with Gasteiger partial charge in [-0.1, -0.05) is 25.7 Å². The number of amides is 1. The van der Waals surface area contributed by atoms with Gasteiger partial charge < -0.3 is 10.4 Å². The molecule has 2 aliphatic rings. The van der Waals surface area contributed by atoms with Crippen molar-refractivity contribution in [1.82, 2.24) is 15.1 Å². The van der Waals surface area contributed by atoms with Gasteiger partial charge in [0.15, 0.2) is 0 Å². The van der Waals surface area contributed by atoms with Crippen LogP contribution in [0, 0.1) is 6.92 Å². The first-order valence-corrected chi connectivity index (χ1v) is 8.20. The highest BCUT2D eigenvalue weighted by molar-refractivity contribution is 5.95. The second-order valence-electron chi connectivity index (χ2n) is 6.46. The molecule has 1 aromatic rings. The SMILES string of the molecule is Cc1c(C(=O)NC2CCCCC2O)cnn1C1CCCC1. The third-order valence-electron chi connectivity index (χ3n) is 5.01. The zero-order valence-corrected chi connectivity index (χ0v) is 12.7. The molecule has 5 heteroatoms. The first-order chi connectivity index (χ1) is 10.2. The molecule has 0 saturated heterocycles. The quantitative estimate of drug-likeness (QED) is 0.898. The number of aromatic nitrogens is 2. The van der Waals surface area contributed by atoms with Gasteiger partial charge in [-0.3, -0.25) is 9.48 Å². The number of nitrogens with zero attached hydrogens (tertiary/aromatic N) is 2. The van der Waals surface area contributed by atoms with Crippen molar-refractivity contribution in [2.45, 2.75) is 76.5 Å². The molecule has 1 heterocycles. The molecule has 0 aliphatic heterocycles. The lowest BCUT2D eigenvalue weighted by atomic mass is 9.92. The summed E-state index contributed by atoms with van der Waals surface area (Å²) in [5.74, 6) is -0.0947. The summed E-state index contributed by atoms with van der Waals surface area (Å²) >= 11 is 0. The Kier molecular flexibility index (Phi) is 4.29. The van der Waals surface area contributed by atoms with Crippen molar-refractivity contribution in [2.24, 2.45) is 0 Å². The smallest absolute Gasteiger partial charge is 0.255 e. The Morgan fingerprint density at radius 3 is 2.62 bits per heavy atom. The minimum absolute atomic E-state index is 0.0947. The largest absolute Gasteiger partial charge is 0.391 e. The number of carbonyl (C=O) groups excluding carboxylic acids is 1. The molecule has 3 rings (SSSR count). The second-order valence-corrected chi connectivity index (χ2v) is 6.46. The maximum absolute atomic E-state index is 12.4. The monoisotopic (exact) mass is 291 g/mol. The standard InChI is InChI=1S/C16H25N3O2/c1-11-13(10-17-19(11)12-6-2-3-7-12)16(21)18-14-8-4-5-9-15(14)20/h10,12,14-15,20H,2-9H2,1H3,(H,18,21). The Balaban J connectivity index is 1.69. The Labute approximate surface area is 125 Å². The molecule has 1 aromatic heterocycles. The van der Waals surface area contributed by atoms with Gasteiger partial charge in [0, 0.05) is 5.69 Å². The van der Waals surface area contributed by atoms with Crippen molar-refractivity contribution in [1.29, 1.82) is 0 Å². The molecule has 2 unspecified atom stereocenters. The molecule has 2 fully saturated rings. The van der Waals surface area contributed by atoms with Crippen LogP contribution in [0.5, 0.6) is 0 Å². The third-order valence-corrected chi connectivity index (χ3v) is 5.01. The van der Waals surface area contributed by atoms with E-state index in [1.165, 1.54) is 12.8 Å². The highest BCUT2D eigenvalue weighted by atomic mass is 16.3. The molecule has 1 amide bonds. The Bertz CT molecular complexity index is 506. The normalized spacial score (nSPS) is 27.0. The molecule has 2 atom stereocenters. The zero-order valence-electron chi connectivity index (χ0n) is 12.7. The first kappa shape index (κ1) is 14.6. The lowest BCUT2D eigenvalue weighted by molar-refractivity contribution is 0.0716. The summed E-state index contributed by atoms with van der Waals surface area (Å²) in [6, 6.07) is 0.340. The van der Waals surface area contributed by atoms with Crippen molar-refractivity contribution in [3.63, 3.8) is 0 Å². The Morgan fingerprint density at radius 1 is 1.24 bits per heavy atom. The predicted molar refractivity (Wildman–Crippen MR) is 80.2 cm³/mol. The van der Waals surface area contributed by atoms with Gasteiger partial charge in [0.1, 0.15) is 0 Å². The van der Waals surface area contributed by atoms with Gasteiger partial charge in [0.05, 0.1) is 29.9 Å². The van der Waals surface area contributed by atoms with E-state index in [1.54, 1.807) is 6.20 Å². The van der Waals surface area contributed by atoms with Gasteiger partial charge in [-0.25, -0.2) is 0 Å². The lowest BCUT2D eigenvalue weighted by Gasteiger charge is -2.28. The van der Waals surface area contributed by atoms with Crippen molar-refractivity contribution in [3.8, 4) is 0 Å². The van der Waals surface area contributed by atoms with E-state index in [1.807, 2.05) is 11.6 Å². The highest BCUT2D eigenvalue weighted by Gasteiger charge is 2.27. The lowest BCUT2D eigenvalue weighted by Crippen LogP contribution is -2.45. The van der Waals surface area contributed by atoms with Crippen LogP contribution < -0.4 is 5.32 Å². The first-order valence-electron chi connectivity index (χ1n) is 8.20. The predicted octanol–water partition coefficient (Wildman–Crippen LogP) is 2.34. The zero-order chi connectivity index (χ0) is 14.8. The van der Waals surface area contributed by atoms with Gasteiger partial charge in [-0.05, 0) is 32.6 Å². The van der Waals surface area contributed by atoms with Crippen LogP contribution in [0.1, 0.15) is 73.5 Å². The van der Waals surface area contributed by atoms with Crippen LogP contribution in [0.3, 0.4) is 0 Å². The van der Waals surface area contributed by atoms with Crippen LogP contribution in [0.25, 0.3) is 0 Å². The van der Waals surface area contributed by atoms with Crippen molar-refractivity contribution in [2.75, 3.05) is 0 Å². The summed E-state index contributed by atoms with van der Waals surface area (Å²) in [5, 5.41) is 17.4. The van der Waals surface area contributed by atoms with Crippen LogP contribution in [0.4, 0.5) is 0 Å². The minimum Gasteiger partial charge on any atom is -0.391 e. The fourth-order valence-corrected chi connectivity index (χ4v) is 3.69. The molecule has 5 nitrogen and oxygen atoms in total. The second kappa shape index (κ2) is 6.18. The molecule has 21 heavy (non-hydrogen) atoms. The van der Waals surface area contributed by atoms with Gasteiger partial charge in [0.25, 0.3) is 5.91 Å². The molecule has 2 saturated carbocycles. The Hall–Kier alpha value is -1.36. The molecule has 0 spiro atoms. The molecule has 2 aliphatic carbocycles. The van der Waals surface area contributed by atoms with Crippen molar-refractivity contribution in [3.05, 3.63) is 17.5 Å². The number of carbonyl (C=O) groups is 1. The highest BCUT2D eigenvalue weighted by Crippen LogP contribution is 2.30. The maximum atomic E-state index is 12.4. The van der Waals surface area contributed by atoms with Gasteiger partial charge in [-0.2, -0.15) is 5.10 Å². The molecular formula is C16H25N3O2. The molecule has 0 radical (unpaired) electrons. The average Bonchev–Trinajstić information content (AvgIpc) is 3.10. The van der Waals surface area contributed by atoms with E-state index >= 15 is 0 Å². The molecule has 116 valence electrons. The van der Waals surface area contributed by atoms with E-state index < -0.39 is 6.10 Å². The summed E-state index contributed by atoms with van der Waals surface area (Å²) in [4.78, 5) is 12.4. The number of hydrogen-bond acceptors (Lipinski definition) is 3. The minimum atomic E-state index is -0.409. The summed E-state index contributed by atoms with van der Waals surface area (Å²) in [7, 11) is 0. The summed E-state index contributed by atoms with van der Waals surface area (Å²) in [5.41, 5.74) is 1.60. The van der Waals surface area contributed by atoms with E-state index in [4.69, 9.17) is 0 Å². The summed E-state index contributed by atoms with van der Waals surface area (Å²) in [6.45, 7) is 1.97. The third kappa shape index (κ3) is 2.98. The maximum Gasteiger partial charge on any atom is 0.255 e. The number of hydrogen-bond donors (Lipinski definition) is 2. The van der Waals surface area contributed by atoms with E-state index in [0.717, 1.165) is 44.2 Å². The van der Waals surface area contributed by atoms with Crippen LogP contribution in [-0.4, -0.2) is 32.9 Å².